The van der Waals surface area contributed by atoms with Crippen molar-refractivity contribution in [2.75, 3.05) is 99.2 Å². The van der Waals surface area contributed by atoms with Crippen LogP contribution in [0.4, 0.5) is 0 Å². The molecule has 1 unspecified atom stereocenters. The third-order valence-corrected chi connectivity index (χ3v) is 10.2. The summed E-state index contributed by atoms with van der Waals surface area (Å²) in [5, 5.41) is 37.0. The lowest BCUT2D eigenvalue weighted by molar-refractivity contribution is -0.160. The van der Waals surface area contributed by atoms with E-state index in [1.54, 1.807) is 19.0 Å². The normalized spacial score (nSPS) is 11.9. The Labute approximate surface area is 363 Å². The van der Waals surface area contributed by atoms with Crippen LogP contribution in [0.2, 0.25) is 0 Å². The highest BCUT2D eigenvalue weighted by molar-refractivity contribution is 5.78. The third-order valence-electron chi connectivity index (χ3n) is 10.2. The van der Waals surface area contributed by atoms with Crippen LogP contribution < -0.4 is 0 Å². The number of amides is 1. The summed E-state index contributed by atoms with van der Waals surface area (Å²) < 4.78 is 11.4. The molecule has 354 valence electrons. The molecular weight excluding hydrogens is 794 g/mol. The zero-order chi connectivity index (χ0) is 45.8. The van der Waals surface area contributed by atoms with Gasteiger partial charge in [0.05, 0.1) is 32.7 Å². The van der Waals surface area contributed by atoms with E-state index < -0.39 is 56.2 Å². The molecule has 1 atom stereocenters. The van der Waals surface area contributed by atoms with E-state index in [2.05, 4.69) is 13.8 Å². The van der Waals surface area contributed by atoms with Gasteiger partial charge in [-0.15, -0.1) is 0 Å². The molecule has 0 aliphatic heterocycles. The van der Waals surface area contributed by atoms with Crippen LogP contribution in [0.5, 0.6) is 0 Å². The standard InChI is InChI=1S/C43H79N5O13/c1-5-7-9-11-13-15-17-19-21-42(58)60-35-36(61-43(59)22-20-18-16-14-12-10-8-6-2)29-44(3)23-24-45(4)37(49)30-46(25-27-47(31-38(50)51)32-39(52)53)26-28-48(33-40(54)55)34-41(56)57/h36H,5-35H2,1-4H3,(H,50,51)(H,52,53)(H,54,55)(H,56,57). The topological polar surface area (TPSA) is 235 Å². The molecule has 4 N–H and O–H groups in total. The van der Waals surface area contributed by atoms with Crippen LogP contribution in [-0.2, 0) is 43.0 Å². The maximum Gasteiger partial charge on any atom is 0.317 e. The highest BCUT2D eigenvalue weighted by Crippen LogP contribution is 2.13. The Balaban J connectivity index is 5.47. The number of hydrogen-bond donors (Lipinski definition) is 4. The van der Waals surface area contributed by atoms with E-state index in [9.17, 15) is 54.0 Å². The molecule has 61 heavy (non-hydrogen) atoms. The zero-order valence-electron chi connectivity index (χ0n) is 37.7. The molecule has 0 aliphatic rings. The van der Waals surface area contributed by atoms with Gasteiger partial charge in [-0.25, -0.2) is 0 Å². The molecule has 0 rings (SSSR count). The molecule has 0 saturated heterocycles. The van der Waals surface area contributed by atoms with Gasteiger partial charge >= 0.3 is 35.8 Å². The van der Waals surface area contributed by atoms with Gasteiger partial charge in [0.1, 0.15) is 12.7 Å². The molecule has 0 fully saturated rings. The second-order valence-electron chi connectivity index (χ2n) is 16.1. The van der Waals surface area contributed by atoms with E-state index in [1.807, 2.05) is 4.90 Å². The Morgan fingerprint density at radius 3 is 1.25 bits per heavy atom. The first-order chi connectivity index (χ1) is 29.1. The molecule has 0 bridgehead atoms. The number of unbranched alkanes of at least 4 members (excludes halogenated alkanes) is 14. The molecule has 0 saturated carbocycles. The molecule has 1 amide bonds. The molecule has 0 radical (unpaired) electrons. The number of ether oxygens (including phenoxy) is 2. The number of hydrogen-bond acceptors (Lipinski definition) is 13. The molecular formula is C43H79N5O13. The molecule has 0 aromatic rings. The number of esters is 2. The summed E-state index contributed by atoms with van der Waals surface area (Å²) in [6.07, 6.45) is 17.3. The van der Waals surface area contributed by atoms with Crippen LogP contribution in [-0.4, -0.2) is 192 Å². The first-order valence-electron chi connectivity index (χ1n) is 22.4. The number of nitrogens with zero attached hydrogens (tertiary/aromatic N) is 5. The highest BCUT2D eigenvalue weighted by atomic mass is 16.6. The quantitative estimate of drug-likeness (QED) is 0.0498. The fraction of sp³-hybridized carbons (Fsp3) is 0.837. The molecule has 18 nitrogen and oxygen atoms in total. The molecule has 18 heteroatoms. The van der Waals surface area contributed by atoms with E-state index in [4.69, 9.17) is 9.47 Å². The largest absolute Gasteiger partial charge is 0.480 e. The van der Waals surface area contributed by atoms with Crippen molar-refractivity contribution in [3.8, 4) is 0 Å². The summed E-state index contributed by atoms with van der Waals surface area (Å²) in [4.78, 5) is 91.6. The number of likely N-dealkylation sites (N-methyl/N-ethyl adjacent to an activating group) is 2. The van der Waals surface area contributed by atoms with Gasteiger partial charge in [0.25, 0.3) is 0 Å². The molecule has 0 aromatic carbocycles. The van der Waals surface area contributed by atoms with Gasteiger partial charge in [0, 0.05) is 65.7 Å². The Bertz CT molecular complexity index is 1190. The van der Waals surface area contributed by atoms with Crippen molar-refractivity contribution in [2.24, 2.45) is 0 Å². The second kappa shape index (κ2) is 36.8. The summed E-state index contributed by atoms with van der Waals surface area (Å²) >= 11 is 0. The minimum Gasteiger partial charge on any atom is -0.480 e. The molecule has 0 spiro atoms. The van der Waals surface area contributed by atoms with Crippen molar-refractivity contribution >= 4 is 41.7 Å². The maximum atomic E-state index is 13.4. The first-order valence-corrected chi connectivity index (χ1v) is 22.4. The van der Waals surface area contributed by atoms with Gasteiger partial charge in [-0.2, -0.15) is 0 Å². The van der Waals surface area contributed by atoms with E-state index in [-0.39, 0.29) is 76.7 Å². The van der Waals surface area contributed by atoms with E-state index in [0.717, 1.165) is 44.9 Å². The Morgan fingerprint density at radius 2 is 0.836 bits per heavy atom. The van der Waals surface area contributed by atoms with Gasteiger partial charge in [-0.05, 0) is 19.9 Å². The van der Waals surface area contributed by atoms with Crippen molar-refractivity contribution in [1.29, 1.82) is 0 Å². The van der Waals surface area contributed by atoms with Crippen LogP contribution in [0.3, 0.4) is 0 Å². The number of aliphatic carboxylic acids is 4. The van der Waals surface area contributed by atoms with Crippen molar-refractivity contribution in [3.05, 3.63) is 0 Å². The number of carbonyl (C=O) groups is 7. The van der Waals surface area contributed by atoms with Crippen LogP contribution in [0, 0.1) is 0 Å². The van der Waals surface area contributed by atoms with E-state index in [1.165, 1.54) is 66.1 Å². The van der Waals surface area contributed by atoms with Gasteiger partial charge in [0.15, 0.2) is 0 Å². The Hall–Kier alpha value is -3.87. The van der Waals surface area contributed by atoms with Crippen molar-refractivity contribution < 1.29 is 63.5 Å². The predicted octanol–water partition coefficient (Wildman–Crippen LogP) is 4.14. The van der Waals surface area contributed by atoms with Crippen molar-refractivity contribution in [3.63, 3.8) is 0 Å². The minimum absolute atomic E-state index is 0.0395. The van der Waals surface area contributed by atoms with Crippen LogP contribution in [0.15, 0.2) is 0 Å². The number of carbonyl (C=O) groups excluding carboxylic acids is 3. The van der Waals surface area contributed by atoms with E-state index >= 15 is 0 Å². The summed E-state index contributed by atoms with van der Waals surface area (Å²) in [6, 6.07) is 0. The lowest BCUT2D eigenvalue weighted by atomic mass is 10.1. The number of carboxylic acids is 4. The summed E-state index contributed by atoms with van der Waals surface area (Å²) in [5.74, 6) is -5.98. The fourth-order valence-corrected chi connectivity index (χ4v) is 6.66. The average Bonchev–Trinajstić information content (AvgIpc) is 3.17. The minimum atomic E-state index is -1.24. The highest BCUT2D eigenvalue weighted by Gasteiger charge is 2.23. The summed E-state index contributed by atoms with van der Waals surface area (Å²) in [5.41, 5.74) is 0. The van der Waals surface area contributed by atoms with Gasteiger partial charge in [0.2, 0.25) is 5.91 Å². The third kappa shape index (κ3) is 35.4. The Kier molecular flexibility index (Phi) is 34.4. The molecule has 0 heterocycles. The number of carboxylic acid groups (broad SMARTS) is 4. The molecule has 0 aliphatic carbocycles. The maximum absolute atomic E-state index is 13.4. The Morgan fingerprint density at radius 1 is 0.459 bits per heavy atom. The van der Waals surface area contributed by atoms with E-state index in [0.29, 0.717) is 19.4 Å². The van der Waals surface area contributed by atoms with Gasteiger partial charge in [-0.3, -0.25) is 48.3 Å². The average molecular weight is 874 g/mol. The van der Waals surface area contributed by atoms with Gasteiger partial charge in [-0.1, -0.05) is 104 Å². The van der Waals surface area contributed by atoms with Crippen molar-refractivity contribution in [1.82, 2.24) is 24.5 Å². The first kappa shape index (κ1) is 57.1. The smallest absolute Gasteiger partial charge is 0.317 e. The fourth-order valence-electron chi connectivity index (χ4n) is 6.66. The summed E-state index contributed by atoms with van der Waals surface area (Å²) in [7, 11) is 3.39. The van der Waals surface area contributed by atoms with Gasteiger partial charge < -0.3 is 39.7 Å². The number of rotatable bonds is 42. The van der Waals surface area contributed by atoms with Crippen molar-refractivity contribution in [2.45, 2.75) is 136 Å². The predicted molar refractivity (Wildman–Crippen MR) is 230 cm³/mol. The SMILES string of the molecule is CCCCCCCCCCC(=O)OCC(CN(C)CCN(C)C(=O)CN(CCN(CC(=O)O)CC(=O)O)CCN(CC(=O)O)CC(=O)O)OC(=O)CCCCCCCCCC. The zero-order valence-corrected chi connectivity index (χ0v) is 37.7. The lowest BCUT2D eigenvalue weighted by Crippen LogP contribution is -2.48. The van der Waals surface area contributed by atoms with Crippen LogP contribution in [0.1, 0.15) is 129 Å². The molecule has 0 aromatic heterocycles. The monoisotopic (exact) mass is 874 g/mol. The lowest BCUT2D eigenvalue weighted by Gasteiger charge is -2.30. The second-order valence-corrected chi connectivity index (χ2v) is 16.1. The summed E-state index contributed by atoms with van der Waals surface area (Å²) in [6.45, 7) is 2.69. The van der Waals surface area contributed by atoms with Crippen LogP contribution in [0.25, 0.3) is 0 Å². The van der Waals surface area contributed by atoms with Crippen LogP contribution >= 0.6 is 0 Å².